The van der Waals surface area contributed by atoms with Crippen LogP contribution in [0.3, 0.4) is 0 Å². The summed E-state index contributed by atoms with van der Waals surface area (Å²) in [5, 5.41) is 11.9. The Balaban J connectivity index is 1.63. The molecule has 0 radical (unpaired) electrons. The molecule has 0 amide bonds. The molecule has 14 heavy (non-hydrogen) atoms. The highest BCUT2D eigenvalue weighted by atomic mass is 16.4. The van der Waals surface area contributed by atoms with Gasteiger partial charge in [-0.25, -0.2) is 0 Å². The van der Waals surface area contributed by atoms with Gasteiger partial charge in [0.05, 0.1) is 5.92 Å². The van der Waals surface area contributed by atoms with Gasteiger partial charge >= 0.3 is 5.97 Å². The second-order valence-corrected chi connectivity index (χ2v) is 3.79. The summed E-state index contributed by atoms with van der Waals surface area (Å²) in [6.07, 6.45) is 4.65. The van der Waals surface area contributed by atoms with Crippen molar-refractivity contribution in [1.82, 2.24) is 10.3 Å². The van der Waals surface area contributed by atoms with Crippen molar-refractivity contribution in [3.8, 4) is 0 Å². The number of hydrogen-bond donors (Lipinski definition) is 3. The van der Waals surface area contributed by atoms with Gasteiger partial charge in [0, 0.05) is 18.9 Å². The summed E-state index contributed by atoms with van der Waals surface area (Å²) in [5.41, 5.74) is 1.21. The standard InChI is InChI=1S/C10H14N2O2/c13-10(14)9-3-8(9)6-12-5-7-1-2-11-4-7/h1-2,4,8-9,11-12H,3,5-6H2,(H,13,14). The fourth-order valence-electron chi connectivity index (χ4n) is 1.65. The number of H-pyrrole nitrogens is 1. The number of rotatable bonds is 5. The van der Waals surface area contributed by atoms with Gasteiger partial charge in [-0.2, -0.15) is 0 Å². The lowest BCUT2D eigenvalue weighted by Gasteiger charge is -2.00. The number of carboxylic acid groups (broad SMARTS) is 1. The van der Waals surface area contributed by atoms with Gasteiger partial charge < -0.3 is 15.4 Å². The van der Waals surface area contributed by atoms with Gasteiger partial charge in [-0.3, -0.25) is 4.79 Å². The Kier molecular flexibility index (Phi) is 2.54. The third-order valence-corrected chi connectivity index (χ3v) is 2.64. The van der Waals surface area contributed by atoms with Crippen LogP contribution in [0.5, 0.6) is 0 Å². The second-order valence-electron chi connectivity index (χ2n) is 3.79. The fourth-order valence-corrected chi connectivity index (χ4v) is 1.65. The number of aromatic nitrogens is 1. The smallest absolute Gasteiger partial charge is 0.306 e. The first-order valence-corrected chi connectivity index (χ1v) is 4.82. The van der Waals surface area contributed by atoms with E-state index in [9.17, 15) is 4.79 Å². The number of carbonyl (C=O) groups is 1. The van der Waals surface area contributed by atoms with Gasteiger partial charge in [0.15, 0.2) is 0 Å². The minimum atomic E-state index is -0.654. The molecule has 1 fully saturated rings. The van der Waals surface area contributed by atoms with E-state index < -0.39 is 5.97 Å². The lowest BCUT2D eigenvalue weighted by atomic mass is 10.3. The summed E-state index contributed by atoms with van der Waals surface area (Å²) in [4.78, 5) is 13.5. The largest absolute Gasteiger partial charge is 0.481 e. The van der Waals surface area contributed by atoms with Crippen molar-refractivity contribution in [2.45, 2.75) is 13.0 Å². The molecule has 1 aromatic heterocycles. The summed E-state index contributed by atoms with van der Waals surface area (Å²) < 4.78 is 0. The molecule has 0 bridgehead atoms. The van der Waals surface area contributed by atoms with E-state index >= 15 is 0 Å². The van der Waals surface area contributed by atoms with Crippen LogP contribution in [0.4, 0.5) is 0 Å². The van der Waals surface area contributed by atoms with Crippen molar-refractivity contribution >= 4 is 5.97 Å². The van der Waals surface area contributed by atoms with Gasteiger partial charge in [0.25, 0.3) is 0 Å². The Morgan fingerprint density at radius 2 is 2.57 bits per heavy atom. The zero-order valence-electron chi connectivity index (χ0n) is 7.86. The molecule has 0 aliphatic heterocycles. The van der Waals surface area contributed by atoms with Crippen molar-refractivity contribution < 1.29 is 9.90 Å². The quantitative estimate of drug-likeness (QED) is 0.650. The Morgan fingerprint density at radius 1 is 1.71 bits per heavy atom. The highest BCUT2D eigenvalue weighted by Gasteiger charge is 2.42. The van der Waals surface area contributed by atoms with E-state index in [0.29, 0.717) is 5.92 Å². The van der Waals surface area contributed by atoms with E-state index in [4.69, 9.17) is 5.11 Å². The second kappa shape index (κ2) is 3.84. The van der Waals surface area contributed by atoms with Gasteiger partial charge in [-0.15, -0.1) is 0 Å². The van der Waals surface area contributed by atoms with Crippen molar-refractivity contribution in [2.75, 3.05) is 6.54 Å². The molecule has 2 rings (SSSR count). The van der Waals surface area contributed by atoms with Crippen LogP contribution in [0.15, 0.2) is 18.5 Å². The van der Waals surface area contributed by atoms with Crippen molar-refractivity contribution in [3.63, 3.8) is 0 Å². The van der Waals surface area contributed by atoms with E-state index in [1.165, 1.54) is 5.56 Å². The normalized spacial score (nSPS) is 24.9. The minimum Gasteiger partial charge on any atom is -0.481 e. The third kappa shape index (κ3) is 2.14. The predicted octanol–water partition coefficient (Wildman–Crippen LogP) is 0.825. The first-order chi connectivity index (χ1) is 6.77. The van der Waals surface area contributed by atoms with Gasteiger partial charge in [0.2, 0.25) is 0 Å². The number of aromatic amines is 1. The maximum absolute atomic E-state index is 10.5. The summed E-state index contributed by atoms with van der Waals surface area (Å²) in [7, 11) is 0. The molecule has 2 atom stereocenters. The first kappa shape index (κ1) is 9.27. The van der Waals surface area contributed by atoms with Crippen LogP contribution in [0.2, 0.25) is 0 Å². The lowest BCUT2D eigenvalue weighted by Crippen LogP contribution is -2.17. The summed E-state index contributed by atoms with van der Waals surface area (Å²) in [5.74, 6) is -0.418. The van der Waals surface area contributed by atoms with Crippen molar-refractivity contribution in [2.24, 2.45) is 11.8 Å². The van der Waals surface area contributed by atoms with Crippen molar-refractivity contribution in [3.05, 3.63) is 24.0 Å². The Morgan fingerprint density at radius 3 is 3.14 bits per heavy atom. The Hall–Kier alpha value is -1.29. The van der Waals surface area contributed by atoms with E-state index in [0.717, 1.165) is 19.5 Å². The Bertz CT molecular complexity index is 308. The summed E-state index contributed by atoms with van der Waals surface area (Å²) in [6, 6.07) is 2.01. The SMILES string of the molecule is O=C(O)C1CC1CNCc1cc[nH]c1. The molecule has 1 heterocycles. The molecular formula is C10H14N2O2. The molecule has 4 nitrogen and oxygen atoms in total. The highest BCUT2D eigenvalue weighted by Crippen LogP contribution is 2.37. The van der Waals surface area contributed by atoms with E-state index in [2.05, 4.69) is 10.3 Å². The molecule has 2 unspecified atom stereocenters. The minimum absolute atomic E-state index is 0.103. The maximum Gasteiger partial charge on any atom is 0.306 e. The number of aliphatic carboxylic acids is 1. The zero-order chi connectivity index (χ0) is 9.97. The molecule has 1 saturated carbocycles. The predicted molar refractivity (Wildman–Crippen MR) is 51.7 cm³/mol. The average molecular weight is 194 g/mol. The van der Waals surface area contributed by atoms with E-state index in [-0.39, 0.29) is 5.92 Å². The molecule has 0 aromatic carbocycles. The number of nitrogens with one attached hydrogen (secondary N) is 2. The maximum atomic E-state index is 10.5. The van der Waals surface area contributed by atoms with E-state index in [1.54, 1.807) is 0 Å². The lowest BCUT2D eigenvalue weighted by molar-refractivity contribution is -0.138. The van der Waals surface area contributed by atoms with Crippen molar-refractivity contribution in [1.29, 1.82) is 0 Å². The molecule has 1 aromatic rings. The molecule has 1 aliphatic rings. The average Bonchev–Trinajstić information content (AvgIpc) is 2.73. The van der Waals surface area contributed by atoms with Gasteiger partial charge in [0.1, 0.15) is 0 Å². The van der Waals surface area contributed by atoms with Crippen LogP contribution < -0.4 is 5.32 Å². The molecule has 4 heteroatoms. The Labute approximate surface area is 82.3 Å². The fraction of sp³-hybridized carbons (Fsp3) is 0.500. The molecular weight excluding hydrogens is 180 g/mol. The highest BCUT2D eigenvalue weighted by molar-refractivity contribution is 5.73. The topological polar surface area (TPSA) is 65.1 Å². The summed E-state index contributed by atoms with van der Waals surface area (Å²) in [6.45, 7) is 1.62. The third-order valence-electron chi connectivity index (χ3n) is 2.64. The first-order valence-electron chi connectivity index (χ1n) is 4.82. The molecule has 1 aliphatic carbocycles. The molecule has 0 spiro atoms. The van der Waals surface area contributed by atoms with Crippen LogP contribution in [0.1, 0.15) is 12.0 Å². The van der Waals surface area contributed by atoms with Crippen LogP contribution in [0, 0.1) is 11.8 Å². The summed E-state index contributed by atoms with van der Waals surface area (Å²) >= 11 is 0. The van der Waals surface area contributed by atoms with Crippen LogP contribution in [-0.4, -0.2) is 22.6 Å². The van der Waals surface area contributed by atoms with Gasteiger partial charge in [-0.05, 0) is 30.5 Å². The van der Waals surface area contributed by atoms with Crippen LogP contribution in [-0.2, 0) is 11.3 Å². The molecule has 0 saturated heterocycles. The number of hydrogen-bond acceptors (Lipinski definition) is 2. The van der Waals surface area contributed by atoms with Crippen LogP contribution in [0.25, 0.3) is 0 Å². The molecule has 3 N–H and O–H groups in total. The number of carboxylic acids is 1. The van der Waals surface area contributed by atoms with E-state index in [1.807, 2.05) is 18.5 Å². The monoisotopic (exact) mass is 194 g/mol. The van der Waals surface area contributed by atoms with Gasteiger partial charge in [-0.1, -0.05) is 0 Å². The zero-order valence-corrected chi connectivity index (χ0v) is 7.86. The van der Waals surface area contributed by atoms with Crippen LogP contribution >= 0.6 is 0 Å². The molecule has 76 valence electrons.